The van der Waals surface area contributed by atoms with Crippen LogP contribution in [0.3, 0.4) is 0 Å². The fourth-order valence-corrected chi connectivity index (χ4v) is 2.49. The first-order valence-electron chi connectivity index (χ1n) is 7.80. The second-order valence-electron chi connectivity index (χ2n) is 6.38. The molecule has 3 N–H and O–H groups in total. The SMILES string of the molecule is CN=C(NCCCc1cccc(Br)c1)NCC(=O)NC(C)(C)C.I. The van der Waals surface area contributed by atoms with Crippen molar-refractivity contribution in [2.24, 2.45) is 4.99 Å². The molecule has 0 radical (unpaired) electrons. The fraction of sp³-hybridized carbons (Fsp3) is 0.529. The molecule has 1 aromatic carbocycles. The normalized spacial score (nSPS) is 11.5. The van der Waals surface area contributed by atoms with Gasteiger partial charge in [0.05, 0.1) is 6.54 Å². The zero-order valence-corrected chi connectivity index (χ0v) is 18.7. The number of halogens is 2. The predicted octanol–water partition coefficient (Wildman–Crippen LogP) is 3.08. The molecule has 0 fully saturated rings. The molecule has 24 heavy (non-hydrogen) atoms. The number of nitrogens with zero attached hydrogens (tertiary/aromatic N) is 1. The third-order valence-corrected chi connectivity index (χ3v) is 3.47. The Morgan fingerprint density at radius 2 is 1.96 bits per heavy atom. The van der Waals surface area contributed by atoms with Gasteiger partial charge in [-0.25, -0.2) is 0 Å². The highest BCUT2D eigenvalue weighted by Crippen LogP contribution is 2.12. The van der Waals surface area contributed by atoms with Gasteiger partial charge in [-0.2, -0.15) is 0 Å². The van der Waals surface area contributed by atoms with E-state index in [2.05, 4.69) is 49.0 Å². The number of amides is 1. The molecule has 0 unspecified atom stereocenters. The topological polar surface area (TPSA) is 65.5 Å². The van der Waals surface area contributed by atoms with Crippen LogP contribution < -0.4 is 16.0 Å². The maximum Gasteiger partial charge on any atom is 0.239 e. The summed E-state index contributed by atoms with van der Waals surface area (Å²) >= 11 is 3.48. The zero-order chi connectivity index (χ0) is 17.3. The Hall–Kier alpha value is -0.830. The van der Waals surface area contributed by atoms with Crippen molar-refractivity contribution in [3.05, 3.63) is 34.3 Å². The third-order valence-electron chi connectivity index (χ3n) is 2.98. The molecule has 0 heterocycles. The van der Waals surface area contributed by atoms with Gasteiger partial charge in [0.15, 0.2) is 5.96 Å². The molecular formula is C17H28BrIN4O. The first-order chi connectivity index (χ1) is 10.8. The van der Waals surface area contributed by atoms with Crippen LogP contribution in [0.1, 0.15) is 32.8 Å². The van der Waals surface area contributed by atoms with E-state index in [1.807, 2.05) is 32.9 Å². The second kappa shape index (κ2) is 11.7. The van der Waals surface area contributed by atoms with Gasteiger partial charge in [0.2, 0.25) is 5.91 Å². The number of aryl methyl sites for hydroxylation is 1. The summed E-state index contributed by atoms with van der Waals surface area (Å²) < 4.78 is 1.10. The molecule has 0 aliphatic carbocycles. The summed E-state index contributed by atoms with van der Waals surface area (Å²) in [5, 5.41) is 9.14. The molecule has 1 amide bonds. The van der Waals surface area contributed by atoms with Crippen LogP contribution in [0, 0.1) is 0 Å². The maximum absolute atomic E-state index is 11.8. The Kier molecular flexibility index (Phi) is 11.3. The summed E-state index contributed by atoms with van der Waals surface area (Å²) in [6.07, 6.45) is 1.99. The Morgan fingerprint density at radius 1 is 1.25 bits per heavy atom. The van der Waals surface area contributed by atoms with Crippen molar-refractivity contribution in [1.82, 2.24) is 16.0 Å². The summed E-state index contributed by atoms with van der Waals surface area (Å²) in [4.78, 5) is 15.9. The van der Waals surface area contributed by atoms with E-state index in [-0.39, 0.29) is 42.0 Å². The van der Waals surface area contributed by atoms with E-state index in [0.717, 1.165) is 23.9 Å². The molecule has 0 atom stereocenters. The van der Waals surface area contributed by atoms with E-state index in [4.69, 9.17) is 0 Å². The van der Waals surface area contributed by atoms with Crippen molar-refractivity contribution >= 4 is 51.8 Å². The smallest absolute Gasteiger partial charge is 0.239 e. The molecule has 7 heteroatoms. The van der Waals surface area contributed by atoms with Gasteiger partial charge in [0.25, 0.3) is 0 Å². The lowest BCUT2D eigenvalue weighted by molar-refractivity contribution is -0.121. The van der Waals surface area contributed by atoms with Crippen molar-refractivity contribution in [3.63, 3.8) is 0 Å². The lowest BCUT2D eigenvalue weighted by Gasteiger charge is -2.21. The average molecular weight is 511 g/mol. The minimum atomic E-state index is -0.223. The molecule has 0 bridgehead atoms. The highest BCUT2D eigenvalue weighted by molar-refractivity contribution is 14.0. The summed E-state index contributed by atoms with van der Waals surface area (Å²) in [7, 11) is 1.70. The number of benzene rings is 1. The number of nitrogens with one attached hydrogen (secondary N) is 3. The third kappa shape index (κ3) is 10.9. The van der Waals surface area contributed by atoms with Crippen LogP contribution in [-0.4, -0.2) is 37.5 Å². The first kappa shape index (κ1) is 23.2. The Bertz CT molecular complexity index is 544. The lowest BCUT2D eigenvalue weighted by atomic mass is 10.1. The van der Waals surface area contributed by atoms with E-state index in [1.165, 1.54) is 5.56 Å². The molecule has 5 nitrogen and oxygen atoms in total. The highest BCUT2D eigenvalue weighted by atomic mass is 127. The fourth-order valence-electron chi connectivity index (χ4n) is 2.04. The summed E-state index contributed by atoms with van der Waals surface area (Å²) in [5.74, 6) is 0.595. The molecule has 0 spiro atoms. The van der Waals surface area contributed by atoms with Gasteiger partial charge >= 0.3 is 0 Å². The van der Waals surface area contributed by atoms with Crippen molar-refractivity contribution in [1.29, 1.82) is 0 Å². The van der Waals surface area contributed by atoms with Crippen LogP contribution in [0.2, 0.25) is 0 Å². The van der Waals surface area contributed by atoms with Crippen molar-refractivity contribution in [2.45, 2.75) is 39.2 Å². The van der Waals surface area contributed by atoms with Crippen molar-refractivity contribution < 1.29 is 4.79 Å². The standard InChI is InChI=1S/C17H27BrN4O.HI/c1-17(2,3)22-15(23)12-21-16(19-4)20-10-6-8-13-7-5-9-14(18)11-13;/h5,7,9,11H,6,8,10,12H2,1-4H3,(H,22,23)(H2,19,20,21);1H. The lowest BCUT2D eigenvalue weighted by Crippen LogP contribution is -2.48. The van der Waals surface area contributed by atoms with Gasteiger partial charge in [-0.1, -0.05) is 28.1 Å². The number of guanidine groups is 1. The van der Waals surface area contributed by atoms with Crippen molar-refractivity contribution in [3.8, 4) is 0 Å². The number of carbonyl (C=O) groups is 1. The quantitative estimate of drug-likeness (QED) is 0.238. The molecule has 0 aromatic heterocycles. The van der Waals surface area contributed by atoms with E-state index in [9.17, 15) is 4.79 Å². The van der Waals surface area contributed by atoms with Crippen molar-refractivity contribution in [2.75, 3.05) is 20.1 Å². The number of rotatable bonds is 6. The molecule has 1 rings (SSSR count). The minimum Gasteiger partial charge on any atom is -0.356 e. The monoisotopic (exact) mass is 510 g/mol. The van der Waals surface area contributed by atoms with E-state index < -0.39 is 0 Å². The second-order valence-corrected chi connectivity index (χ2v) is 7.30. The predicted molar refractivity (Wildman–Crippen MR) is 115 cm³/mol. The van der Waals surface area contributed by atoms with Gasteiger partial charge in [-0.3, -0.25) is 9.79 Å². The Balaban J connectivity index is 0.00000529. The summed E-state index contributed by atoms with van der Waals surface area (Å²) in [5.41, 5.74) is 1.08. The van der Waals surface area contributed by atoms with Gasteiger partial charge < -0.3 is 16.0 Å². The van der Waals surface area contributed by atoms with Gasteiger partial charge in [0, 0.05) is 23.6 Å². The van der Waals surface area contributed by atoms with E-state index in [0.29, 0.717) is 5.96 Å². The number of hydrogen-bond donors (Lipinski definition) is 3. The number of aliphatic imine (C=N–C) groups is 1. The zero-order valence-electron chi connectivity index (χ0n) is 14.8. The van der Waals surface area contributed by atoms with E-state index in [1.54, 1.807) is 7.05 Å². The van der Waals surface area contributed by atoms with E-state index >= 15 is 0 Å². The molecule has 0 aliphatic rings. The van der Waals surface area contributed by atoms with Crippen LogP contribution in [0.15, 0.2) is 33.7 Å². The Morgan fingerprint density at radius 3 is 2.54 bits per heavy atom. The largest absolute Gasteiger partial charge is 0.356 e. The molecular weight excluding hydrogens is 483 g/mol. The van der Waals surface area contributed by atoms with Gasteiger partial charge in [0.1, 0.15) is 0 Å². The molecule has 0 saturated heterocycles. The van der Waals surface area contributed by atoms with Crippen LogP contribution in [0.4, 0.5) is 0 Å². The molecule has 0 saturated carbocycles. The average Bonchev–Trinajstić information content (AvgIpc) is 2.45. The molecule has 0 aliphatic heterocycles. The maximum atomic E-state index is 11.8. The number of hydrogen-bond acceptors (Lipinski definition) is 2. The molecule has 136 valence electrons. The van der Waals surface area contributed by atoms with Crippen LogP contribution in [-0.2, 0) is 11.2 Å². The Labute approximate surface area is 170 Å². The summed E-state index contributed by atoms with van der Waals surface area (Å²) in [6.45, 7) is 6.88. The first-order valence-corrected chi connectivity index (χ1v) is 8.59. The molecule has 1 aromatic rings. The van der Waals surface area contributed by atoms with Gasteiger partial charge in [-0.05, 0) is 51.3 Å². The highest BCUT2D eigenvalue weighted by Gasteiger charge is 2.13. The minimum absolute atomic E-state index is 0. The number of carbonyl (C=O) groups excluding carboxylic acids is 1. The van der Waals surface area contributed by atoms with Crippen LogP contribution in [0.25, 0.3) is 0 Å². The van der Waals surface area contributed by atoms with Crippen LogP contribution >= 0.6 is 39.9 Å². The summed E-state index contributed by atoms with van der Waals surface area (Å²) in [6, 6.07) is 8.32. The van der Waals surface area contributed by atoms with Gasteiger partial charge in [-0.15, -0.1) is 24.0 Å². The van der Waals surface area contributed by atoms with Crippen LogP contribution in [0.5, 0.6) is 0 Å².